The fourth-order valence-electron chi connectivity index (χ4n) is 2.29. The van der Waals surface area contributed by atoms with Crippen molar-refractivity contribution in [2.24, 2.45) is 0 Å². The Morgan fingerprint density at radius 1 is 1.59 bits per heavy atom. The molecule has 0 spiro atoms. The highest BCUT2D eigenvalue weighted by molar-refractivity contribution is 7.13. The van der Waals surface area contributed by atoms with E-state index in [2.05, 4.69) is 10.3 Å². The highest BCUT2D eigenvalue weighted by Crippen LogP contribution is 2.19. The zero-order valence-corrected chi connectivity index (χ0v) is 11.2. The largest absolute Gasteiger partial charge is 0.335 e. The van der Waals surface area contributed by atoms with Gasteiger partial charge in [-0.15, -0.1) is 11.3 Å². The minimum absolute atomic E-state index is 0.144. The molecule has 1 aromatic heterocycles. The molecule has 0 bridgehead atoms. The van der Waals surface area contributed by atoms with E-state index in [0.29, 0.717) is 6.04 Å². The Morgan fingerprint density at radius 3 is 2.82 bits per heavy atom. The molecule has 0 unspecified atom stereocenters. The third-order valence-corrected chi connectivity index (χ3v) is 4.08. The lowest BCUT2D eigenvalue weighted by Crippen LogP contribution is -2.45. The van der Waals surface area contributed by atoms with Crippen LogP contribution in [-0.4, -0.2) is 41.5 Å². The highest BCUT2D eigenvalue weighted by atomic mass is 32.1. The van der Waals surface area contributed by atoms with Crippen molar-refractivity contribution in [2.45, 2.75) is 32.7 Å². The lowest BCUT2D eigenvalue weighted by atomic mass is 10.0. The lowest BCUT2D eigenvalue weighted by Gasteiger charge is -2.33. The maximum absolute atomic E-state index is 12.4. The van der Waals surface area contributed by atoms with E-state index in [1.54, 1.807) is 6.20 Å². The number of carbonyl (C=O) groups is 1. The van der Waals surface area contributed by atoms with Gasteiger partial charge in [-0.1, -0.05) is 0 Å². The van der Waals surface area contributed by atoms with E-state index in [-0.39, 0.29) is 5.91 Å². The third kappa shape index (κ3) is 2.84. The molecule has 1 saturated heterocycles. The molecule has 1 N–H and O–H groups in total. The van der Waals surface area contributed by atoms with Crippen LogP contribution in [0.15, 0.2) is 6.20 Å². The first-order valence-corrected chi connectivity index (χ1v) is 6.98. The predicted molar refractivity (Wildman–Crippen MR) is 69.5 cm³/mol. The molecule has 0 aliphatic carbocycles. The van der Waals surface area contributed by atoms with Crippen molar-refractivity contribution in [3.63, 3.8) is 0 Å². The number of nitrogens with zero attached hydrogens (tertiary/aromatic N) is 2. The van der Waals surface area contributed by atoms with E-state index < -0.39 is 0 Å². The number of aromatic nitrogens is 1. The quantitative estimate of drug-likeness (QED) is 0.891. The van der Waals surface area contributed by atoms with Crippen molar-refractivity contribution < 1.29 is 4.79 Å². The van der Waals surface area contributed by atoms with E-state index in [9.17, 15) is 4.79 Å². The van der Waals surface area contributed by atoms with Crippen molar-refractivity contribution in [3.8, 4) is 0 Å². The first-order valence-electron chi connectivity index (χ1n) is 6.16. The SMILES string of the molecule is CCN(C(=O)c1cnc(C)s1)C1CCNCC1. The number of nitrogens with one attached hydrogen (secondary N) is 1. The molecule has 17 heavy (non-hydrogen) atoms. The topological polar surface area (TPSA) is 45.2 Å². The molecule has 94 valence electrons. The maximum Gasteiger partial charge on any atom is 0.265 e. The molecule has 5 heteroatoms. The zero-order valence-electron chi connectivity index (χ0n) is 10.4. The zero-order chi connectivity index (χ0) is 12.3. The number of thiazole rings is 1. The van der Waals surface area contributed by atoms with Gasteiger partial charge in [0, 0.05) is 12.6 Å². The number of piperidine rings is 1. The average molecular weight is 253 g/mol. The van der Waals surface area contributed by atoms with Crippen LogP contribution in [0.4, 0.5) is 0 Å². The minimum atomic E-state index is 0.144. The van der Waals surface area contributed by atoms with Gasteiger partial charge in [-0.25, -0.2) is 4.98 Å². The van der Waals surface area contributed by atoms with Crippen LogP contribution in [0.3, 0.4) is 0 Å². The maximum atomic E-state index is 12.4. The first-order chi connectivity index (χ1) is 8.22. The van der Waals surface area contributed by atoms with Crippen LogP contribution in [-0.2, 0) is 0 Å². The summed E-state index contributed by atoms with van der Waals surface area (Å²) in [6.07, 6.45) is 3.81. The standard InChI is InChI=1S/C12H19N3OS/c1-3-15(10-4-6-13-7-5-10)12(16)11-8-14-9(2)17-11/h8,10,13H,3-7H2,1-2H3. The molecular weight excluding hydrogens is 234 g/mol. The molecule has 4 nitrogen and oxygen atoms in total. The average Bonchev–Trinajstić information content (AvgIpc) is 2.78. The van der Waals surface area contributed by atoms with Gasteiger partial charge in [-0.05, 0) is 39.8 Å². The summed E-state index contributed by atoms with van der Waals surface area (Å²) in [6.45, 7) is 6.78. The Bertz CT molecular complexity index is 385. The van der Waals surface area contributed by atoms with Gasteiger partial charge in [0.1, 0.15) is 4.88 Å². The summed E-state index contributed by atoms with van der Waals surface area (Å²) >= 11 is 1.49. The molecule has 0 atom stereocenters. The molecule has 0 aromatic carbocycles. The van der Waals surface area contributed by atoms with Crippen LogP contribution < -0.4 is 5.32 Å². The summed E-state index contributed by atoms with van der Waals surface area (Å²) in [4.78, 5) is 19.3. The van der Waals surface area contributed by atoms with E-state index in [4.69, 9.17) is 0 Å². The number of amides is 1. The lowest BCUT2D eigenvalue weighted by molar-refractivity contribution is 0.0661. The van der Waals surface area contributed by atoms with Crippen molar-refractivity contribution in [1.82, 2.24) is 15.2 Å². The second-order valence-corrected chi connectivity index (χ2v) is 5.55. The molecule has 1 aliphatic heterocycles. The number of aryl methyl sites for hydroxylation is 1. The summed E-state index contributed by atoms with van der Waals surface area (Å²) in [5.41, 5.74) is 0. The molecule has 1 fully saturated rings. The van der Waals surface area contributed by atoms with E-state index >= 15 is 0 Å². The Morgan fingerprint density at radius 2 is 2.29 bits per heavy atom. The molecule has 1 amide bonds. The van der Waals surface area contributed by atoms with Gasteiger partial charge in [0.15, 0.2) is 0 Å². The molecule has 1 aromatic rings. The Balaban J connectivity index is 2.09. The number of rotatable bonds is 3. The van der Waals surface area contributed by atoms with Gasteiger partial charge in [0.05, 0.1) is 11.2 Å². The van der Waals surface area contributed by atoms with Gasteiger partial charge >= 0.3 is 0 Å². The van der Waals surface area contributed by atoms with Crippen LogP contribution in [0.2, 0.25) is 0 Å². The van der Waals surface area contributed by atoms with Crippen molar-refractivity contribution in [1.29, 1.82) is 0 Å². The number of hydrogen-bond donors (Lipinski definition) is 1. The Labute approximate surface area is 106 Å². The summed E-state index contributed by atoms with van der Waals surface area (Å²) < 4.78 is 0. The van der Waals surface area contributed by atoms with Gasteiger partial charge < -0.3 is 10.2 Å². The molecular formula is C12H19N3OS. The third-order valence-electron chi connectivity index (χ3n) is 3.18. The van der Waals surface area contributed by atoms with Crippen LogP contribution in [0, 0.1) is 6.92 Å². The molecule has 0 saturated carbocycles. The molecule has 1 aliphatic rings. The molecule has 0 radical (unpaired) electrons. The van der Waals surface area contributed by atoms with E-state index in [0.717, 1.165) is 42.4 Å². The minimum Gasteiger partial charge on any atom is -0.335 e. The number of carbonyl (C=O) groups excluding carboxylic acids is 1. The Hall–Kier alpha value is -0.940. The van der Waals surface area contributed by atoms with Crippen LogP contribution >= 0.6 is 11.3 Å². The first kappa shape index (κ1) is 12.5. The van der Waals surface area contributed by atoms with Crippen LogP contribution in [0.5, 0.6) is 0 Å². The second-order valence-electron chi connectivity index (χ2n) is 4.32. The van der Waals surface area contributed by atoms with E-state index in [1.165, 1.54) is 11.3 Å². The monoisotopic (exact) mass is 253 g/mol. The van der Waals surface area contributed by atoms with Gasteiger partial charge in [0.2, 0.25) is 0 Å². The van der Waals surface area contributed by atoms with Crippen LogP contribution in [0.25, 0.3) is 0 Å². The van der Waals surface area contributed by atoms with Gasteiger partial charge in [-0.3, -0.25) is 4.79 Å². The second kappa shape index (κ2) is 5.60. The van der Waals surface area contributed by atoms with Crippen LogP contribution in [0.1, 0.15) is 34.4 Å². The van der Waals surface area contributed by atoms with Gasteiger partial charge in [0.25, 0.3) is 5.91 Å². The summed E-state index contributed by atoms with van der Waals surface area (Å²) in [7, 11) is 0. The fourth-order valence-corrected chi connectivity index (χ4v) is 3.02. The van der Waals surface area contributed by atoms with Crippen molar-refractivity contribution in [2.75, 3.05) is 19.6 Å². The fraction of sp³-hybridized carbons (Fsp3) is 0.667. The Kier molecular flexibility index (Phi) is 4.12. The van der Waals surface area contributed by atoms with E-state index in [1.807, 2.05) is 18.7 Å². The number of hydrogen-bond acceptors (Lipinski definition) is 4. The molecule has 2 heterocycles. The van der Waals surface area contributed by atoms with Gasteiger partial charge in [-0.2, -0.15) is 0 Å². The smallest absolute Gasteiger partial charge is 0.265 e. The summed E-state index contributed by atoms with van der Waals surface area (Å²) in [5.74, 6) is 0.144. The van der Waals surface area contributed by atoms with Crippen molar-refractivity contribution >= 4 is 17.2 Å². The molecule has 2 rings (SSSR count). The highest BCUT2D eigenvalue weighted by Gasteiger charge is 2.25. The summed E-state index contributed by atoms with van der Waals surface area (Å²) in [6, 6.07) is 0.385. The predicted octanol–water partition coefficient (Wildman–Crippen LogP) is 1.67. The van der Waals surface area contributed by atoms with Crippen molar-refractivity contribution in [3.05, 3.63) is 16.1 Å². The normalized spacial score (nSPS) is 17.1. The summed E-state index contributed by atoms with van der Waals surface area (Å²) in [5, 5.41) is 4.28.